The molecule has 20 heavy (non-hydrogen) atoms. The van der Waals surface area contributed by atoms with Crippen molar-refractivity contribution in [3.05, 3.63) is 0 Å². The maximum Gasteiger partial charge on any atom is 0.220 e. The van der Waals surface area contributed by atoms with Crippen molar-refractivity contribution >= 4 is 5.91 Å². The number of nitrogens with one attached hydrogen (secondary N) is 2. The van der Waals surface area contributed by atoms with Crippen LogP contribution >= 0.6 is 0 Å². The van der Waals surface area contributed by atoms with Crippen LogP contribution in [0.2, 0.25) is 0 Å². The fraction of sp³-hybridized carbons (Fsp3) is 0.933. The van der Waals surface area contributed by atoms with Gasteiger partial charge in [-0.15, -0.1) is 0 Å². The van der Waals surface area contributed by atoms with Gasteiger partial charge in [0.1, 0.15) is 0 Å². The van der Waals surface area contributed by atoms with Gasteiger partial charge in [-0.3, -0.25) is 4.79 Å². The lowest BCUT2D eigenvalue weighted by molar-refractivity contribution is -0.122. The average Bonchev–Trinajstić information content (AvgIpc) is 2.52. The van der Waals surface area contributed by atoms with E-state index in [1.165, 1.54) is 12.8 Å². The Morgan fingerprint density at radius 2 is 2.15 bits per heavy atom. The third-order valence-corrected chi connectivity index (χ3v) is 4.15. The van der Waals surface area contributed by atoms with Crippen LogP contribution in [0, 0.1) is 0 Å². The van der Waals surface area contributed by atoms with Crippen LogP contribution in [0.5, 0.6) is 0 Å². The molecule has 0 bridgehead atoms. The molecular formula is C15H29N3O2. The molecule has 0 aliphatic carbocycles. The van der Waals surface area contributed by atoms with Gasteiger partial charge >= 0.3 is 0 Å². The Bertz CT molecular complexity index is 274. The predicted octanol–water partition coefficient (Wildman–Crippen LogP) is 0.747. The van der Waals surface area contributed by atoms with E-state index >= 15 is 0 Å². The molecule has 0 radical (unpaired) electrons. The van der Waals surface area contributed by atoms with Crippen LogP contribution in [0.3, 0.4) is 0 Å². The van der Waals surface area contributed by atoms with Crippen molar-refractivity contribution in [1.29, 1.82) is 0 Å². The molecule has 0 aromatic carbocycles. The van der Waals surface area contributed by atoms with Gasteiger partial charge in [0, 0.05) is 45.8 Å². The molecule has 0 aromatic heterocycles. The Morgan fingerprint density at radius 1 is 1.30 bits per heavy atom. The first-order valence-electron chi connectivity index (χ1n) is 8.16. The van der Waals surface area contributed by atoms with E-state index in [1.54, 1.807) is 0 Å². The lowest BCUT2D eigenvalue weighted by Gasteiger charge is -2.27. The topological polar surface area (TPSA) is 53.6 Å². The third kappa shape index (κ3) is 6.20. The predicted molar refractivity (Wildman–Crippen MR) is 79.8 cm³/mol. The maximum atomic E-state index is 11.7. The highest BCUT2D eigenvalue weighted by molar-refractivity contribution is 5.75. The highest BCUT2D eigenvalue weighted by Gasteiger charge is 2.15. The largest absolute Gasteiger partial charge is 0.378 e. The van der Waals surface area contributed by atoms with Crippen LogP contribution in [0.25, 0.3) is 0 Å². The molecule has 2 fully saturated rings. The molecule has 2 aliphatic rings. The summed E-state index contributed by atoms with van der Waals surface area (Å²) in [5.74, 6) is 0.180. The first kappa shape index (κ1) is 15.7. The van der Waals surface area contributed by atoms with E-state index < -0.39 is 0 Å². The summed E-state index contributed by atoms with van der Waals surface area (Å²) in [4.78, 5) is 14.2. The van der Waals surface area contributed by atoms with Crippen molar-refractivity contribution in [3.63, 3.8) is 0 Å². The fourth-order valence-electron chi connectivity index (χ4n) is 2.88. The molecule has 2 aliphatic heterocycles. The summed E-state index contributed by atoms with van der Waals surface area (Å²) in [6, 6.07) is 0. The normalized spacial score (nSPS) is 24.5. The van der Waals surface area contributed by atoms with Gasteiger partial charge in [-0.05, 0) is 38.6 Å². The SMILES string of the molecule is O=C(CCC1CCCCO1)NCCCN1CCNCC1. The molecule has 116 valence electrons. The summed E-state index contributed by atoms with van der Waals surface area (Å²) in [7, 11) is 0. The first-order valence-corrected chi connectivity index (χ1v) is 8.16. The molecule has 1 atom stereocenters. The quantitative estimate of drug-likeness (QED) is 0.677. The molecule has 2 saturated heterocycles. The van der Waals surface area contributed by atoms with Crippen LogP contribution in [-0.2, 0) is 9.53 Å². The second-order valence-corrected chi connectivity index (χ2v) is 5.82. The van der Waals surface area contributed by atoms with Gasteiger partial charge in [0.15, 0.2) is 0 Å². The fourth-order valence-corrected chi connectivity index (χ4v) is 2.88. The molecule has 5 nitrogen and oxygen atoms in total. The number of hydrogen-bond acceptors (Lipinski definition) is 4. The Labute approximate surface area is 122 Å². The molecule has 1 unspecified atom stereocenters. The molecule has 2 rings (SSSR count). The van der Waals surface area contributed by atoms with Gasteiger partial charge in [-0.2, -0.15) is 0 Å². The van der Waals surface area contributed by atoms with E-state index in [4.69, 9.17) is 4.74 Å². The maximum absolute atomic E-state index is 11.7. The number of carbonyl (C=O) groups is 1. The number of ether oxygens (including phenoxy) is 1. The van der Waals surface area contributed by atoms with E-state index in [0.29, 0.717) is 12.5 Å². The zero-order valence-electron chi connectivity index (χ0n) is 12.5. The second kappa shape index (κ2) is 9.32. The Kier molecular flexibility index (Phi) is 7.33. The highest BCUT2D eigenvalue weighted by atomic mass is 16.5. The number of amides is 1. The Balaban J connectivity index is 1.45. The van der Waals surface area contributed by atoms with Crippen LogP contribution in [0.1, 0.15) is 38.5 Å². The van der Waals surface area contributed by atoms with Crippen molar-refractivity contribution in [2.75, 3.05) is 45.9 Å². The molecule has 1 amide bonds. The van der Waals surface area contributed by atoms with Gasteiger partial charge < -0.3 is 20.3 Å². The van der Waals surface area contributed by atoms with Crippen molar-refractivity contribution in [1.82, 2.24) is 15.5 Å². The lowest BCUT2D eigenvalue weighted by Crippen LogP contribution is -2.44. The summed E-state index contributed by atoms with van der Waals surface area (Å²) >= 11 is 0. The van der Waals surface area contributed by atoms with E-state index in [1.807, 2.05) is 0 Å². The molecule has 2 heterocycles. The van der Waals surface area contributed by atoms with Crippen molar-refractivity contribution in [2.45, 2.75) is 44.6 Å². The molecule has 0 saturated carbocycles. The van der Waals surface area contributed by atoms with Gasteiger partial charge in [0.25, 0.3) is 0 Å². The number of carbonyl (C=O) groups excluding carboxylic acids is 1. The summed E-state index contributed by atoms with van der Waals surface area (Å²) in [6.07, 6.45) is 6.39. The van der Waals surface area contributed by atoms with Crippen molar-refractivity contribution < 1.29 is 9.53 Å². The first-order chi connectivity index (χ1) is 9.84. The number of hydrogen-bond donors (Lipinski definition) is 2. The van der Waals surface area contributed by atoms with Crippen LogP contribution in [0.15, 0.2) is 0 Å². The number of piperazine rings is 1. The van der Waals surface area contributed by atoms with Gasteiger partial charge in [0.05, 0.1) is 6.10 Å². The van der Waals surface area contributed by atoms with Crippen molar-refractivity contribution in [2.24, 2.45) is 0 Å². The molecule has 5 heteroatoms. The lowest BCUT2D eigenvalue weighted by atomic mass is 10.0. The van der Waals surface area contributed by atoms with Gasteiger partial charge in [0.2, 0.25) is 5.91 Å². The molecular weight excluding hydrogens is 254 g/mol. The Hall–Kier alpha value is -0.650. The van der Waals surface area contributed by atoms with E-state index in [0.717, 1.165) is 65.1 Å². The average molecular weight is 283 g/mol. The van der Waals surface area contributed by atoms with Crippen LogP contribution < -0.4 is 10.6 Å². The minimum absolute atomic E-state index is 0.180. The summed E-state index contributed by atoms with van der Waals surface area (Å²) in [5, 5.41) is 6.37. The summed E-state index contributed by atoms with van der Waals surface area (Å²) < 4.78 is 5.64. The van der Waals surface area contributed by atoms with Crippen LogP contribution in [0.4, 0.5) is 0 Å². The standard InChI is InChI=1S/C15H29N3O2/c19-15(6-5-14-4-1-2-13-20-14)17-7-3-10-18-11-8-16-9-12-18/h14,16H,1-13H2,(H,17,19). The minimum Gasteiger partial charge on any atom is -0.378 e. The van der Waals surface area contributed by atoms with Crippen molar-refractivity contribution in [3.8, 4) is 0 Å². The Morgan fingerprint density at radius 3 is 2.90 bits per heavy atom. The second-order valence-electron chi connectivity index (χ2n) is 5.82. The smallest absolute Gasteiger partial charge is 0.220 e. The van der Waals surface area contributed by atoms with E-state index in [-0.39, 0.29) is 5.91 Å². The van der Waals surface area contributed by atoms with Gasteiger partial charge in [-0.1, -0.05) is 0 Å². The van der Waals surface area contributed by atoms with E-state index in [2.05, 4.69) is 15.5 Å². The third-order valence-electron chi connectivity index (χ3n) is 4.15. The number of rotatable bonds is 7. The summed E-state index contributed by atoms with van der Waals surface area (Å²) in [5.41, 5.74) is 0. The molecule has 0 aromatic rings. The minimum atomic E-state index is 0.180. The molecule has 2 N–H and O–H groups in total. The highest BCUT2D eigenvalue weighted by Crippen LogP contribution is 2.16. The monoisotopic (exact) mass is 283 g/mol. The van der Waals surface area contributed by atoms with Gasteiger partial charge in [-0.25, -0.2) is 0 Å². The number of nitrogens with zero attached hydrogens (tertiary/aromatic N) is 1. The zero-order valence-corrected chi connectivity index (χ0v) is 12.5. The van der Waals surface area contributed by atoms with Crippen LogP contribution in [-0.4, -0.2) is 62.8 Å². The molecule has 0 spiro atoms. The summed E-state index contributed by atoms with van der Waals surface area (Å²) in [6.45, 7) is 7.21. The van der Waals surface area contributed by atoms with E-state index in [9.17, 15) is 4.79 Å². The zero-order chi connectivity index (χ0) is 14.0.